The highest BCUT2D eigenvalue weighted by Gasteiger charge is 2.21. The summed E-state index contributed by atoms with van der Waals surface area (Å²) in [7, 11) is 0. The molecule has 0 aliphatic heterocycles. The lowest BCUT2D eigenvalue weighted by Crippen LogP contribution is -1.97. The normalized spacial score (nSPS) is 11.5. The van der Waals surface area contributed by atoms with Crippen molar-refractivity contribution < 1.29 is 8.83 Å². The van der Waals surface area contributed by atoms with Crippen LogP contribution in [-0.4, -0.2) is 24.9 Å². The molecule has 0 unspecified atom stereocenters. The molecule has 0 amide bonds. The Bertz CT molecular complexity index is 3420. The van der Waals surface area contributed by atoms with Gasteiger partial charge in [-0.25, -0.2) is 24.9 Å². The molecule has 0 radical (unpaired) electrons. The molecule has 5 heterocycles. The van der Waals surface area contributed by atoms with Crippen molar-refractivity contribution in [3.63, 3.8) is 0 Å². The quantitative estimate of drug-likeness (QED) is 0.159. The molecule has 0 aliphatic carbocycles. The molecule has 62 heavy (non-hydrogen) atoms. The molecule has 12 aromatic rings. The van der Waals surface area contributed by atoms with Crippen LogP contribution in [0.25, 0.3) is 123 Å². The van der Waals surface area contributed by atoms with Crippen LogP contribution in [-0.2, 0) is 0 Å². The van der Waals surface area contributed by atoms with Crippen molar-refractivity contribution in [2.75, 3.05) is 0 Å². The summed E-state index contributed by atoms with van der Waals surface area (Å²) in [4.78, 5) is 25.8. The third-order valence-electron chi connectivity index (χ3n) is 11.3. The van der Waals surface area contributed by atoms with Crippen molar-refractivity contribution in [2.45, 2.75) is 0 Å². The van der Waals surface area contributed by atoms with Gasteiger partial charge in [0.25, 0.3) is 0 Å². The van der Waals surface area contributed by atoms with Crippen LogP contribution >= 0.6 is 0 Å². The highest BCUT2D eigenvalue weighted by molar-refractivity contribution is 6.08. The van der Waals surface area contributed by atoms with Gasteiger partial charge in [0.05, 0.1) is 5.69 Å². The SMILES string of the molecule is c1ccc(-c2cc(-c3cccc(-c4nc(-c5ccccc5)c5oc6ccccc6c5n4)c3)cc(-c3cccc(-c4nc(-c5ccccc5)c5oc6ccccc6c5n4)n3)c2)cc1. The summed E-state index contributed by atoms with van der Waals surface area (Å²) >= 11 is 0. The second-order valence-electron chi connectivity index (χ2n) is 15.2. The van der Waals surface area contributed by atoms with Crippen molar-refractivity contribution in [1.82, 2.24) is 24.9 Å². The molecule has 0 atom stereocenters. The van der Waals surface area contributed by atoms with Crippen molar-refractivity contribution in [2.24, 2.45) is 0 Å². The van der Waals surface area contributed by atoms with E-state index in [4.69, 9.17) is 33.8 Å². The van der Waals surface area contributed by atoms with Gasteiger partial charge in [-0.3, -0.25) is 0 Å². The molecular weight excluding hydrogens is 763 g/mol. The van der Waals surface area contributed by atoms with Gasteiger partial charge in [0.15, 0.2) is 22.8 Å². The second kappa shape index (κ2) is 14.6. The molecule has 0 N–H and O–H groups in total. The fraction of sp³-hybridized carbons (Fsp3) is 0. The number of hydrogen-bond donors (Lipinski definition) is 0. The zero-order valence-electron chi connectivity index (χ0n) is 33.1. The Balaban J connectivity index is 1.00. The van der Waals surface area contributed by atoms with Gasteiger partial charge in [0, 0.05) is 33.0 Å². The first-order valence-electron chi connectivity index (χ1n) is 20.5. The molecule has 0 fully saturated rings. The van der Waals surface area contributed by atoms with Crippen molar-refractivity contribution >= 4 is 44.1 Å². The molecule has 7 aromatic carbocycles. The zero-order chi connectivity index (χ0) is 41.0. The van der Waals surface area contributed by atoms with Crippen LogP contribution in [0.4, 0.5) is 0 Å². The predicted molar refractivity (Wildman–Crippen MR) is 248 cm³/mol. The van der Waals surface area contributed by atoms with Crippen LogP contribution in [0.3, 0.4) is 0 Å². The number of rotatable bonds is 7. The molecule has 290 valence electrons. The second-order valence-corrected chi connectivity index (χ2v) is 15.2. The summed E-state index contributed by atoms with van der Waals surface area (Å²) in [5.74, 6) is 1.14. The molecule has 0 saturated carbocycles. The monoisotopic (exact) mass is 795 g/mol. The molecule has 0 saturated heterocycles. The Labute approximate surface area is 355 Å². The predicted octanol–water partition coefficient (Wildman–Crippen LogP) is 14.1. The van der Waals surface area contributed by atoms with Gasteiger partial charge in [-0.2, -0.15) is 0 Å². The lowest BCUT2D eigenvalue weighted by molar-refractivity contribution is 0.667. The van der Waals surface area contributed by atoms with Gasteiger partial charge in [0.2, 0.25) is 0 Å². The number of benzene rings is 7. The van der Waals surface area contributed by atoms with Gasteiger partial charge in [-0.1, -0.05) is 140 Å². The molecule has 12 rings (SSSR count). The van der Waals surface area contributed by atoms with Gasteiger partial charge in [-0.15, -0.1) is 0 Å². The minimum atomic E-state index is 0.522. The van der Waals surface area contributed by atoms with Gasteiger partial charge >= 0.3 is 0 Å². The first-order valence-corrected chi connectivity index (χ1v) is 20.5. The number of nitrogens with zero attached hydrogens (tertiary/aromatic N) is 5. The number of para-hydroxylation sites is 2. The number of aromatic nitrogens is 5. The van der Waals surface area contributed by atoms with E-state index in [0.29, 0.717) is 28.5 Å². The lowest BCUT2D eigenvalue weighted by Gasteiger charge is -2.13. The zero-order valence-corrected chi connectivity index (χ0v) is 33.1. The Morgan fingerprint density at radius 1 is 0.274 bits per heavy atom. The van der Waals surface area contributed by atoms with E-state index in [1.807, 2.05) is 115 Å². The van der Waals surface area contributed by atoms with Crippen molar-refractivity contribution in [3.8, 4) is 78.9 Å². The maximum Gasteiger partial charge on any atom is 0.180 e. The van der Waals surface area contributed by atoms with Crippen molar-refractivity contribution in [1.29, 1.82) is 0 Å². The summed E-state index contributed by atoms with van der Waals surface area (Å²) in [5.41, 5.74) is 15.3. The largest absolute Gasteiger partial charge is 0.452 e. The van der Waals surface area contributed by atoms with E-state index in [1.54, 1.807) is 0 Å². The van der Waals surface area contributed by atoms with Crippen LogP contribution in [0.15, 0.2) is 209 Å². The van der Waals surface area contributed by atoms with Crippen molar-refractivity contribution in [3.05, 3.63) is 200 Å². The molecule has 5 aromatic heterocycles. The van der Waals surface area contributed by atoms with Gasteiger partial charge < -0.3 is 8.83 Å². The number of furan rings is 2. The van der Waals surface area contributed by atoms with E-state index in [9.17, 15) is 0 Å². The smallest absolute Gasteiger partial charge is 0.180 e. The molecule has 0 bridgehead atoms. The maximum atomic E-state index is 6.38. The van der Waals surface area contributed by atoms with Crippen LogP contribution in [0.1, 0.15) is 0 Å². The van der Waals surface area contributed by atoms with Crippen LogP contribution in [0, 0.1) is 0 Å². The number of pyridine rings is 1. The van der Waals surface area contributed by atoms with E-state index in [0.717, 1.165) is 94.6 Å². The van der Waals surface area contributed by atoms with Gasteiger partial charge in [0.1, 0.15) is 39.3 Å². The standard InChI is InChI=1S/C55H33N5O2/c1-4-16-34(17-5-1)39-31-40(37-22-14-23-38(30-37)54-57-48(35-18-6-2-7-19-35)52-50(59-54)42-24-10-12-28-46(42)61-52)33-41(32-39)44-26-15-27-45(56-44)55-58-49(36-20-8-3-9-21-36)53-51(60-55)43-25-11-13-29-47(43)62-53/h1-33H. The summed E-state index contributed by atoms with van der Waals surface area (Å²) in [5, 5.41) is 1.88. The average Bonchev–Trinajstić information content (AvgIpc) is 3.93. The van der Waals surface area contributed by atoms with E-state index >= 15 is 0 Å². The summed E-state index contributed by atoms with van der Waals surface area (Å²) in [6.07, 6.45) is 0. The molecule has 0 aliphatic rings. The average molecular weight is 796 g/mol. The Morgan fingerprint density at radius 3 is 1.34 bits per heavy atom. The Hall–Kier alpha value is -8.55. The first-order chi connectivity index (χ1) is 30.7. The number of fused-ring (bicyclic) bond motifs is 6. The topological polar surface area (TPSA) is 90.7 Å². The Kier molecular flexibility index (Phi) is 8.35. The number of hydrogen-bond acceptors (Lipinski definition) is 7. The van der Waals surface area contributed by atoms with E-state index < -0.39 is 0 Å². The van der Waals surface area contributed by atoms with Crippen LogP contribution in [0.2, 0.25) is 0 Å². The molecule has 0 spiro atoms. The Morgan fingerprint density at radius 2 is 0.710 bits per heavy atom. The minimum absolute atomic E-state index is 0.522. The van der Waals surface area contributed by atoms with Crippen LogP contribution < -0.4 is 0 Å². The first kappa shape index (κ1) is 35.4. The van der Waals surface area contributed by atoms with E-state index in [-0.39, 0.29) is 0 Å². The summed E-state index contributed by atoms with van der Waals surface area (Å²) < 4.78 is 12.8. The molecule has 7 heteroatoms. The maximum absolute atomic E-state index is 6.38. The van der Waals surface area contributed by atoms with E-state index in [2.05, 4.69) is 84.9 Å². The summed E-state index contributed by atoms with van der Waals surface area (Å²) in [6, 6.07) is 67.8. The van der Waals surface area contributed by atoms with Crippen LogP contribution in [0.5, 0.6) is 0 Å². The van der Waals surface area contributed by atoms with Gasteiger partial charge in [-0.05, 0) is 82.9 Å². The molecular formula is C55H33N5O2. The lowest BCUT2D eigenvalue weighted by atomic mass is 9.94. The highest BCUT2D eigenvalue weighted by atomic mass is 16.3. The summed E-state index contributed by atoms with van der Waals surface area (Å²) in [6.45, 7) is 0. The fourth-order valence-corrected chi connectivity index (χ4v) is 8.31. The fourth-order valence-electron chi connectivity index (χ4n) is 8.31. The highest BCUT2D eigenvalue weighted by Crippen LogP contribution is 2.39. The minimum Gasteiger partial charge on any atom is -0.452 e. The molecule has 7 nitrogen and oxygen atoms in total. The third kappa shape index (κ3) is 6.19. The third-order valence-corrected chi connectivity index (χ3v) is 11.3. The van der Waals surface area contributed by atoms with E-state index in [1.165, 1.54) is 0 Å².